The fraction of sp³-hybridized carbons (Fsp3) is 0.412. The highest BCUT2D eigenvalue weighted by atomic mass is 16.5. The molecule has 0 spiro atoms. The topological polar surface area (TPSA) is 55.8 Å². The van der Waals surface area contributed by atoms with Gasteiger partial charge in [0.2, 0.25) is 0 Å². The molecule has 1 aromatic carbocycles. The molecule has 0 aromatic heterocycles. The van der Waals surface area contributed by atoms with Gasteiger partial charge in [-0.25, -0.2) is 0 Å². The van der Waals surface area contributed by atoms with Gasteiger partial charge in [0.25, 0.3) is 0 Å². The van der Waals surface area contributed by atoms with E-state index >= 15 is 0 Å². The minimum Gasteiger partial charge on any atom is -0.497 e. The summed E-state index contributed by atoms with van der Waals surface area (Å²) in [6.45, 7) is 4.35. The molecule has 0 N–H and O–H groups in total. The second-order valence-electron chi connectivity index (χ2n) is 5.32. The van der Waals surface area contributed by atoms with Gasteiger partial charge in [0.1, 0.15) is 18.1 Å². The first kappa shape index (κ1) is 16.2. The molecule has 1 saturated heterocycles. The lowest BCUT2D eigenvalue weighted by Gasteiger charge is -2.27. The summed E-state index contributed by atoms with van der Waals surface area (Å²) in [7, 11) is 2.98. The summed E-state index contributed by atoms with van der Waals surface area (Å²) >= 11 is 0. The maximum Gasteiger partial charge on any atom is 0.323 e. The molecule has 5 heteroatoms. The first-order chi connectivity index (χ1) is 10.6. The molecular formula is C17H21NO4. The Labute approximate surface area is 130 Å². The quantitative estimate of drug-likeness (QED) is 0.456. The Balaban J connectivity index is 2.23. The van der Waals surface area contributed by atoms with Crippen LogP contribution in [0, 0.1) is 5.92 Å². The number of ether oxygens (including phenoxy) is 2. The monoisotopic (exact) mass is 303 g/mol. The van der Waals surface area contributed by atoms with Crippen molar-refractivity contribution in [1.82, 2.24) is 4.90 Å². The zero-order valence-electron chi connectivity index (χ0n) is 12.9. The Kier molecular flexibility index (Phi) is 5.33. The lowest BCUT2D eigenvalue weighted by atomic mass is 10.0. The van der Waals surface area contributed by atoms with Crippen molar-refractivity contribution in [1.29, 1.82) is 0 Å². The summed E-state index contributed by atoms with van der Waals surface area (Å²) in [6.07, 6.45) is 3.09. The van der Waals surface area contributed by atoms with Crippen molar-refractivity contribution in [2.45, 2.75) is 25.0 Å². The van der Waals surface area contributed by atoms with E-state index in [0.717, 1.165) is 17.6 Å². The minimum absolute atomic E-state index is 0.163. The summed E-state index contributed by atoms with van der Waals surface area (Å²) in [5.41, 5.74) is 1.04. The highest BCUT2D eigenvalue weighted by Gasteiger charge is 2.43. The van der Waals surface area contributed by atoms with Crippen LogP contribution in [0.25, 0.3) is 0 Å². The molecule has 1 aliphatic rings. The fourth-order valence-corrected chi connectivity index (χ4v) is 2.96. The summed E-state index contributed by atoms with van der Waals surface area (Å²) < 4.78 is 10.0. The van der Waals surface area contributed by atoms with Crippen molar-refractivity contribution in [2.24, 2.45) is 5.92 Å². The molecule has 22 heavy (non-hydrogen) atoms. The molecule has 1 aliphatic heterocycles. The molecule has 5 nitrogen and oxygen atoms in total. The fourth-order valence-electron chi connectivity index (χ4n) is 2.96. The normalized spacial score (nSPS) is 24.7. The van der Waals surface area contributed by atoms with Crippen molar-refractivity contribution in [3.8, 4) is 5.75 Å². The van der Waals surface area contributed by atoms with Gasteiger partial charge in [0.15, 0.2) is 0 Å². The van der Waals surface area contributed by atoms with Crippen LogP contribution in [0.15, 0.2) is 36.9 Å². The molecule has 118 valence electrons. The summed E-state index contributed by atoms with van der Waals surface area (Å²) in [5, 5.41) is 0. The van der Waals surface area contributed by atoms with Crippen LogP contribution < -0.4 is 4.74 Å². The van der Waals surface area contributed by atoms with E-state index in [1.54, 1.807) is 13.2 Å². The molecule has 0 aliphatic carbocycles. The highest BCUT2D eigenvalue weighted by molar-refractivity contribution is 5.77. The predicted molar refractivity (Wildman–Crippen MR) is 82.5 cm³/mol. The number of rotatable bonds is 6. The lowest BCUT2D eigenvalue weighted by molar-refractivity contribution is -0.146. The van der Waals surface area contributed by atoms with Crippen molar-refractivity contribution in [2.75, 3.05) is 14.2 Å². The van der Waals surface area contributed by atoms with Gasteiger partial charge in [0.05, 0.1) is 14.2 Å². The first-order valence-electron chi connectivity index (χ1n) is 7.19. The predicted octanol–water partition coefficient (Wildman–Crippen LogP) is 1.81. The lowest BCUT2D eigenvalue weighted by Crippen LogP contribution is -2.40. The Bertz CT molecular complexity index is 540. The number of aldehydes is 1. The molecule has 0 saturated carbocycles. The van der Waals surface area contributed by atoms with Crippen molar-refractivity contribution in [3.63, 3.8) is 0 Å². The van der Waals surface area contributed by atoms with Gasteiger partial charge in [-0.15, -0.1) is 6.58 Å². The van der Waals surface area contributed by atoms with Crippen LogP contribution in [0.1, 0.15) is 12.0 Å². The van der Waals surface area contributed by atoms with Gasteiger partial charge >= 0.3 is 5.97 Å². The third-order valence-electron chi connectivity index (χ3n) is 4.13. The van der Waals surface area contributed by atoms with Crippen LogP contribution >= 0.6 is 0 Å². The number of methoxy groups -OCH3 is 2. The molecule has 1 aromatic rings. The number of nitrogens with zero attached hydrogens (tertiary/aromatic N) is 1. The number of hydrogen-bond acceptors (Lipinski definition) is 5. The molecule has 3 atom stereocenters. The van der Waals surface area contributed by atoms with E-state index in [2.05, 4.69) is 6.58 Å². The number of carbonyl (C=O) groups excluding carboxylic acids is 2. The average molecular weight is 303 g/mol. The van der Waals surface area contributed by atoms with Gasteiger partial charge in [-0.05, 0) is 24.1 Å². The van der Waals surface area contributed by atoms with E-state index in [1.807, 2.05) is 29.2 Å². The molecule has 0 bridgehead atoms. The third-order valence-corrected chi connectivity index (χ3v) is 4.13. The van der Waals surface area contributed by atoms with Gasteiger partial charge in [-0.1, -0.05) is 18.2 Å². The van der Waals surface area contributed by atoms with Gasteiger partial charge in [-0.2, -0.15) is 0 Å². The van der Waals surface area contributed by atoms with Crippen molar-refractivity contribution >= 4 is 12.3 Å². The van der Waals surface area contributed by atoms with Gasteiger partial charge in [-0.3, -0.25) is 9.69 Å². The second kappa shape index (κ2) is 7.22. The summed E-state index contributed by atoms with van der Waals surface area (Å²) in [5.74, 6) is 0.227. The molecule has 0 radical (unpaired) electrons. The van der Waals surface area contributed by atoms with Crippen LogP contribution in [-0.4, -0.2) is 43.5 Å². The first-order valence-corrected chi connectivity index (χ1v) is 7.19. The van der Waals surface area contributed by atoms with E-state index in [0.29, 0.717) is 13.0 Å². The molecule has 2 rings (SSSR count). The van der Waals surface area contributed by atoms with Crippen LogP contribution in [0.2, 0.25) is 0 Å². The summed E-state index contributed by atoms with van der Waals surface area (Å²) in [4.78, 5) is 25.2. The number of carbonyl (C=O) groups is 2. The second-order valence-corrected chi connectivity index (χ2v) is 5.32. The van der Waals surface area contributed by atoms with Crippen LogP contribution in [-0.2, 0) is 20.9 Å². The number of benzene rings is 1. The Morgan fingerprint density at radius 2 is 2.05 bits per heavy atom. The van der Waals surface area contributed by atoms with E-state index in [1.165, 1.54) is 7.11 Å². The highest BCUT2D eigenvalue weighted by Crippen LogP contribution is 2.32. The SMILES string of the molecule is C=C[C@H]1[C@H](C=O)C[C@H](C(=O)OC)N1Cc1ccc(OC)cc1. The Hall–Kier alpha value is -2.14. The number of likely N-dealkylation sites (tertiary alicyclic amines) is 1. The average Bonchev–Trinajstić information content (AvgIpc) is 2.92. The van der Waals surface area contributed by atoms with Crippen LogP contribution in [0.3, 0.4) is 0 Å². The van der Waals surface area contributed by atoms with Gasteiger partial charge < -0.3 is 14.3 Å². The minimum atomic E-state index is -0.426. The molecule has 0 unspecified atom stereocenters. The molecular weight excluding hydrogens is 282 g/mol. The largest absolute Gasteiger partial charge is 0.497 e. The van der Waals surface area contributed by atoms with Crippen molar-refractivity contribution < 1.29 is 19.1 Å². The summed E-state index contributed by atoms with van der Waals surface area (Å²) in [6, 6.07) is 7.05. The van der Waals surface area contributed by atoms with Crippen molar-refractivity contribution in [3.05, 3.63) is 42.5 Å². The zero-order chi connectivity index (χ0) is 16.1. The third kappa shape index (κ3) is 3.20. The Morgan fingerprint density at radius 3 is 2.55 bits per heavy atom. The standard InChI is InChI=1S/C17H21NO4/c1-4-15-13(11-19)9-16(17(20)22-3)18(15)10-12-5-7-14(21-2)8-6-12/h4-8,11,13,15-16H,1,9-10H2,2-3H3/t13-,15-,16+/m0/s1. The number of esters is 1. The van der Waals surface area contributed by atoms with E-state index < -0.39 is 6.04 Å². The van der Waals surface area contributed by atoms with Crippen LogP contribution in [0.5, 0.6) is 5.75 Å². The van der Waals surface area contributed by atoms with E-state index in [4.69, 9.17) is 9.47 Å². The molecule has 1 heterocycles. The van der Waals surface area contributed by atoms with E-state index in [-0.39, 0.29) is 17.9 Å². The number of hydrogen-bond donors (Lipinski definition) is 0. The zero-order valence-corrected chi connectivity index (χ0v) is 12.9. The maximum atomic E-state index is 12.0. The molecule has 1 fully saturated rings. The Morgan fingerprint density at radius 1 is 1.36 bits per heavy atom. The maximum absolute atomic E-state index is 12.0. The van der Waals surface area contributed by atoms with E-state index in [9.17, 15) is 9.59 Å². The van der Waals surface area contributed by atoms with Crippen LogP contribution in [0.4, 0.5) is 0 Å². The smallest absolute Gasteiger partial charge is 0.323 e. The van der Waals surface area contributed by atoms with Gasteiger partial charge in [0, 0.05) is 18.5 Å². The molecule has 0 amide bonds.